The van der Waals surface area contributed by atoms with Crippen LogP contribution < -0.4 is 11.1 Å². The highest BCUT2D eigenvalue weighted by Gasteiger charge is 2.14. The molecule has 0 bridgehead atoms. The van der Waals surface area contributed by atoms with Crippen molar-refractivity contribution in [2.75, 3.05) is 0 Å². The van der Waals surface area contributed by atoms with Crippen LogP contribution in [-0.2, 0) is 19.4 Å². The first-order valence-electron chi connectivity index (χ1n) is 9.09. The Labute approximate surface area is 161 Å². The average Bonchev–Trinajstić information content (AvgIpc) is 3.34. The molecule has 1 aromatic carbocycles. The first-order chi connectivity index (χ1) is 13.5. The first kappa shape index (κ1) is 17.8. The van der Waals surface area contributed by atoms with Crippen molar-refractivity contribution in [1.29, 1.82) is 0 Å². The van der Waals surface area contributed by atoms with Crippen molar-refractivity contribution in [3.63, 3.8) is 0 Å². The Kier molecular flexibility index (Phi) is 4.60. The largest absolute Gasteiger partial charge is 0.366 e. The second-order valence-corrected chi connectivity index (χ2v) is 6.89. The van der Waals surface area contributed by atoms with Gasteiger partial charge in [-0.25, -0.2) is 4.68 Å². The summed E-state index contributed by atoms with van der Waals surface area (Å²) in [6, 6.07) is 7.86. The van der Waals surface area contributed by atoms with Crippen LogP contribution in [0.1, 0.15) is 49.7 Å². The minimum absolute atomic E-state index is 0.216. The second-order valence-electron chi connectivity index (χ2n) is 6.89. The van der Waals surface area contributed by atoms with Gasteiger partial charge in [0.1, 0.15) is 11.4 Å². The zero-order chi connectivity index (χ0) is 19.7. The minimum Gasteiger partial charge on any atom is -0.366 e. The van der Waals surface area contributed by atoms with Crippen LogP contribution in [0.2, 0.25) is 0 Å². The van der Waals surface area contributed by atoms with Crippen LogP contribution in [0.25, 0.3) is 5.69 Å². The number of nitrogens with zero attached hydrogens (tertiary/aromatic N) is 4. The van der Waals surface area contributed by atoms with E-state index >= 15 is 0 Å². The molecule has 0 fully saturated rings. The van der Waals surface area contributed by atoms with E-state index in [9.17, 15) is 9.59 Å². The molecule has 0 saturated carbocycles. The first-order valence-corrected chi connectivity index (χ1v) is 9.09. The SMILES string of the molecule is Cc1cc(C(=O)NCc2cn(-c3ccc4c(c3)CCC4)nn2)ncc1C(N)=O. The third kappa shape index (κ3) is 3.48. The molecule has 0 aliphatic heterocycles. The number of carbonyl (C=O) groups excluding carboxylic acids is 2. The molecule has 1 aliphatic rings. The van der Waals surface area contributed by atoms with Crippen LogP contribution in [0.5, 0.6) is 0 Å². The molecule has 142 valence electrons. The summed E-state index contributed by atoms with van der Waals surface area (Å²) in [5, 5.41) is 11.0. The van der Waals surface area contributed by atoms with Crippen molar-refractivity contribution < 1.29 is 9.59 Å². The summed E-state index contributed by atoms with van der Waals surface area (Å²) >= 11 is 0. The van der Waals surface area contributed by atoms with Crippen LogP contribution in [0, 0.1) is 6.92 Å². The normalized spacial score (nSPS) is 12.6. The van der Waals surface area contributed by atoms with Gasteiger partial charge in [-0.1, -0.05) is 11.3 Å². The molecule has 0 saturated heterocycles. The van der Waals surface area contributed by atoms with Crippen LogP contribution in [0.3, 0.4) is 0 Å². The van der Waals surface area contributed by atoms with Crippen LogP contribution >= 0.6 is 0 Å². The molecule has 0 unspecified atom stereocenters. The van der Waals surface area contributed by atoms with Gasteiger partial charge in [-0.05, 0) is 61.1 Å². The molecule has 2 heterocycles. The Morgan fingerprint density at radius 2 is 2.04 bits per heavy atom. The number of aromatic nitrogens is 4. The van der Waals surface area contributed by atoms with Crippen molar-refractivity contribution in [2.24, 2.45) is 5.73 Å². The fraction of sp³-hybridized carbons (Fsp3) is 0.250. The lowest BCUT2D eigenvalue weighted by atomic mass is 10.1. The fourth-order valence-electron chi connectivity index (χ4n) is 3.41. The van der Waals surface area contributed by atoms with Gasteiger partial charge in [0.25, 0.3) is 11.8 Å². The number of hydrogen-bond donors (Lipinski definition) is 2. The summed E-state index contributed by atoms with van der Waals surface area (Å²) in [6.45, 7) is 1.93. The number of amides is 2. The van der Waals surface area contributed by atoms with Gasteiger partial charge in [0.15, 0.2) is 0 Å². The van der Waals surface area contributed by atoms with Gasteiger partial charge in [-0.15, -0.1) is 5.10 Å². The smallest absolute Gasteiger partial charge is 0.270 e. The van der Waals surface area contributed by atoms with Crippen LogP contribution in [0.4, 0.5) is 0 Å². The number of nitrogens with one attached hydrogen (secondary N) is 1. The third-order valence-electron chi connectivity index (χ3n) is 4.93. The number of aryl methyl sites for hydroxylation is 3. The number of pyridine rings is 1. The van der Waals surface area contributed by atoms with E-state index in [1.165, 1.54) is 29.8 Å². The molecule has 2 aromatic heterocycles. The molecule has 0 atom stereocenters. The Bertz CT molecular complexity index is 1070. The average molecular weight is 376 g/mol. The van der Waals surface area contributed by atoms with Crippen molar-refractivity contribution in [1.82, 2.24) is 25.3 Å². The second kappa shape index (κ2) is 7.22. The lowest BCUT2D eigenvalue weighted by Crippen LogP contribution is -2.24. The zero-order valence-corrected chi connectivity index (χ0v) is 15.5. The van der Waals surface area contributed by atoms with E-state index in [0.717, 1.165) is 18.5 Å². The third-order valence-corrected chi connectivity index (χ3v) is 4.93. The molecule has 3 aromatic rings. The highest BCUT2D eigenvalue weighted by atomic mass is 16.2. The minimum atomic E-state index is -0.569. The standard InChI is InChI=1S/C20H20N6O2/c1-12-7-18(22-10-17(12)19(21)27)20(28)23-9-15-11-26(25-24-15)16-6-5-13-3-2-4-14(13)8-16/h5-8,10-11H,2-4,9H2,1H3,(H2,21,27)(H,23,28). The number of benzene rings is 1. The molecule has 4 rings (SSSR count). The highest BCUT2D eigenvalue weighted by Crippen LogP contribution is 2.24. The molecule has 2 amide bonds. The summed E-state index contributed by atoms with van der Waals surface area (Å²) in [5.74, 6) is -0.925. The number of hydrogen-bond acceptors (Lipinski definition) is 5. The number of carbonyl (C=O) groups is 2. The van der Waals surface area contributed by atoms with Gasteiger partial charge >= 0.3 is 0 Å². The summed E-state index contributed by atoms with van der Waals surface area (Å²) in [5.41, 5.74) is 10.8. The summed E-state index contributed by atoms with van der Waals surface area (Å²) in [7, 11) is 0. The number of primary amides is 1. The maximum atomic E-state index is 12.3. The highest BCUT2D eigenvalue weighted by molar-refractivity contribution is 5.96. The lowest BCUT2D eigenvalue weighted by Gasteiger charge is -2.06. The predicted octanol–water partition coefficient (Wildman–Crippen LogP) is 1.49. The molecular weight excluding hydrogens is 356 g/mol. The van der Waals surface area contributed by atoms with Crippen molar-refractivity contribution in [2.45, 2.75) is 32.7 Å². The van der Waals surface area contributed by atoms with E-state index in [4.69, 9.17) is 5.73 Å². The molecule has 8 heteroatoms. The molecular formula is C20H20N6O2. The van der Waals surface area contributed by atoms with Gasteiger partial charge in [0, 0.05) is 6.20 Å². The molecule has 0 radical (unpaired) electrons. The monoisotopic (exact) mass is 376 g/mol. The Hall–Kier alpha value is -3.55. The van der Waals surface area contributed by atoms with Gasteiger partial charge in [-0.3, -0.25) is 14.6 Å². The van der Waals surface area contributed by atoms with E-state index < -0.39 is 5.91 Å². The Balaban J connectivity index is 1.42. The topological polar surface area (TPSA) is 116 Å². The Morgan fingerprint density at radius 1 is 1.21 bits per heavy atom. The van der Waals surface area contributed by atoms with E-state index in [1.807, 2.05) is 6.07 Å². The van der Waals surface area contributed by atoms with E-state index in [2.05, 4.69) is 32.7 Å². The number of fused-ring (bicyclic) bond motifs is 1. The summed E-state index contributed by atoms with van der Waals surface area (Å²) in [6.07, 6.45) is 6.55. The molecule has 8 nitrogen and oxygen atoms in total. The van der Waals surface area contributed by atoms with E-state index in [1.54, 1.807) is 17.8 Å². The fourth-order valence-corrected chi connectivity index (χ4v) is 3.41. The predicted molar refractivity (Wildman–Crippen MR) is 102 cm³/mol. The van der Waals surface area contributed by atoms with Crippen molar-refractivity contribution in [3.8, 4) is 5.69 Å². The molecule has 1 aliphatic carbocycles. The van der Waals surface area contributed by atoms with E-state index in [-0.39, 0.29) is 18.1 Å². The van der Waals surface area contributed by atoms with E-state index in [0.29, 0.717) is 16.8 Å². The maximum absolute atomic E-state index is 12.3. The summed E-state index contributed by atoms with van der Waals surface area (Å²) < 4.78 is 1.71. The number of rotatable bonds is 5. The van der Waals surface area contributed by atoms with Crippen LogP contribution in [-0.4, -0.2) is 31.8 Å². The number of nitrogens with two attached hydrogens (primary N) is 1. The quantitative estimate of drug-likeness (QED) is 0.700. The van der Waals surface area contributed by atoms with Crippen molar-refractivity contribution in [3.05, 3.63) is 70.3 Å². The van der Waals surface area contributed by atoms with Gasteiger partial charge in [0.2, 0.25) is 0 Å². The lowest BCUT2D eigenvalue weighted by molar-refractivity contribution is 0.0942. The molecule has 0 spiro atoms. The van der Waals surface area contributed by atoms with Gasteiger partial charge < -0.3 is 11.1 Å². The summed E-state index contributed by atoms with van der Waals surface area (Å²) in [4.78, 5) is 27.6. The van der Waals surface area contributed by atoms with Crippen LogP contribution in [0.15, 0.2) is 36.7 Å². The van der Waals surface area contributed by atoms with Crippen molar-refractivity contribution >= 4 is 11.8 Å². The van der Waals surface area contributed by atoms with Gasteiger partial charge in [-0.2, -0.15) is 0 Å². The maximum Gasteiger partial charge on any atom is 0.270 e. The zero-order valence-electron chi connectivity index (χ0n) is 15.5. The molecule has 3 N–H and O–H groups in total. The Morgan fingerprint density at radius 3 is 2.82 bits per heavy atom. The molecule has 28 heavy (non-hydrogen) atoms. The van der Waals surface area contributed by atoms with Gasteiger partial charge in [0.05, 0.1) is 24.0 Å².